The topological polar surface area (TPSA) is 126 Å². The lowest BCUT2D eigenvalue weighted by Gasteiger charge is -2.23. The largest absolute Gasteiger partial charge is 0.489 e. The lowest BCUT2D eigenvalue weighted by molar-refractivity contribution is 0.154. The predicted molar refractivity (Wildman–Crippen MR) is 169 cm³/mol. The van der Waals surface area contributed by atoms with Gasteiger partial charge in [-0.25, -0.2) is 22.5 Å². The third-order valence-electron chi connectivity index (χ3n) is 8.04. The number of H-pyrrole nitrogens is 2. The number of nitrogens with one attached hydrogen (secondary N) is 3. The smallest absolute Gasteiger partial charge is 0.209 e. The van der Waals surface area contributed by atoms with Crippen LogP contribution in [0.5, 0.6) is 5.75 Å². The molecule has 44 heavy (non-hydrogen) atoms. The number of rotatable bonds is 8. The lowest BCUT2D eigenvalue weighted by atomic mass is 9.98. The maximum atomic E-state index is 14.6. The van der Waals surface area contributed by atoms with Crippen LogP contribution in [0.25, 0.3) is 55.6 Å². The first kappa shape index (κ1) is 28.2. The number of aromatic nitrogens is 5. The lowest BCUT2D eigenvalue weighted by Crippen LogP contribution is -2.21. The second-order valence-corrected chi connectivity index (χ2v) is 13.2. The Balaban J connectivity index is 1.23. The van der Waals surface area contributed by atoms with Crippen molar-refractivity contribution in [3.8, 4) is 39.4 Å². The van der Waals surface area contributed by atoms with Gasteiger partial charge >= 0.3 is 0 Å². The number of hydrogen-bond acceptors (Lipinski definition) is 6. The van der Waals surface area contributed by atoms with Crippen molar-refractivity contribution in [3.05, 3.63) is 84.6 Å². The summed E-state index contributed by atoms with van der Waals surface area (Å²) in [6.45, 7) is -0.00230. The van der Waals surface area contributed by atoms with Crippen molar-refractivity contribution in [2.45, 2.75) is 44.8 Å². The van der Waals surface area contributed by atoms with Gasteiger partial charge in [-0.1, -0.05) is 18.6 Å². The van der Waals surface area contributed by atoms with E-state index in [4.69, 9.17) is 4.74 Å². The zero-order valence-electron chi connectivity index (χ0n) is 24.1. The number of hydrogen-bond donors (Lipinski definition) is 3. The molecule has 0 aliphatic heterocycles. The summed E-state index contributed by atoms with van der Waals surface area (Å²) >= 11 is 0. The van der Waals surface area contributed by atoms with E-state index in [-0.39, 0.29) is 12.6 Å². The minimum Gasteiger partial charge on any atom is -0.489 e. The number of benzene rings is 2. The molecule has 1 saturated carbocycles. The standard InChI is InChI=1S/C33H31FN6O3S/c1-44(41,42)37-16-20-10-21(12-24(34)11-20)27-8-5-9-30-28(27)15-31(38-30)32-29-14-23(18-36-33(29)40-39-32)22-13-26(19-35-17-22)43-25-6-3-2-4-7-25/h5,8-15,17-19,25,37-38H,2-4,6-7,16H2,1H3,(H,36,39,40). The third-order valence-corrected chi connectivity index (χ3v) is 8.71. The average Bonchev–Trinajstić information content (AvgIpc) is 3.64. The number of ether oxygens (including phenoxy) is 1. The van der Waals surface area contributed by atoms with Crippen molar-refractivity contribution in [3.63, 3.8) is 0 Å². The van der Waals surface area contributed by atoms with Crippen LogP contribution in [0.3, 0.4) is 0 Å². The van der Waals surface area contributed by atoms with Crippen molar-refractivity contribution >= 4 is 32.0 Å². The summed E-state index contributed by atoms with van der Waals surface area (Å²) in [6.07, 6.45) is 12.5. The molecule has 0 amide bonds. The number of aromatic amines is 2. The van der Waals surface area contributed by atoms with Gasteiger partial charge in [0, 0.05) is 46.4 Å². The Bertz CT molecular complexity index is 2100. The summed E-state index contributed by atoms with van der Waals surface area (Å²) in [6, 6.07) is 16.4. The van der Waals surface area contributed by atoms with Gasteiger partial charge in [0.1, 0.15) is 17.3 Å². The predicted octanol–water partition coefficient (Wildman–Crippen LogP) is 6.74. The van der Waals surface area contributed by atoms with E-state index in [0.29, 0.717) is 22.5 Å². The van der Waals surface area contributed by atoms with Crippen LogP contribution < -0.4 is 9.46 Å². The Kier molecular flexibility index (Phi) is 7.35. The van der Waals surface area contributed by atoms with Crippen LogP contribution in [-0.2, 0) is 16.6 Å². The number of sulfonamides is 1. The summed E-state index contributed by atoms with van der Waals surface area (Å²) in [5.74, 6) is 0.317. The maximum absolute atomic E-state index is 14.6. The van der Waals surface area contributed by atoms with Gasteiger partial charge in [0.15, 0.2) is 5.65 Å². The maximum Gasteiger partial charge on any atom is 0.209 e. The van der Waals surface area contributed by atoms with E-state index in [1.54, 1.807) is 18.5 Å². The van der Waals surface area contributed by atoms with Gasteiger partial charge in [-0.3, -0.25) is 10.1 Å². The molecule has 4 aromatic heterocycles. The van der Waals surface area contributed by atoms with Crippen molar-refractivity contribution in [1.29, 1.82) is 0 Å². The first-order valence-electron chi connectivity index (χ1n) is 14.6. The monoisotopic (exact) mass is 610 g/mol. The van der Waals surface area contributed by atoms with Crippen LogP contribution in [0.15, 0.2) is 73.2 Å². The van der Waals surface area contributed by atoms with Crippen molar-refractivity contribution < 1.29 is 17.5 Å². The molecule has 1 aliphatic carbocycles. The molecular weight excluding hydrogens is 579 g/mol. The average molecular weight is 611 g/mol. The fourth-order valence-electron chi connectivity index (χ4n) is 5.94. The van der Waals surface area contributed by atoms with Crippen LogP contribution >= 0.6 is 0 Å². The van der Waals surface area contributed by atoms with E-state index in [1.807, 2.05) is 42.6 Å². The molecule has 224 valence electrons. The fourth-order valence-corrected chi connectivity index (χ4v) is 6.37. The highest BCUT2D eigenvalue weighted by Crippen LogP contribution is 2.36. The Hall–Kier alpha value is -4.61. The molecule has 9 nitrogen and oxygen atoms in total. The van der Waals surface area contributed by atoms with Crippen LogP contribution in [0.1, 0.15) is 37.7 Å². The Morgan fingerprint density at radius 3 is 2.64 bits per heavy atom. The van der Waals surface area contributed by atoms with Gasteiger partial charge in [-0.15, -0.1) is 0 Å². The highest BCUT2D eigenvalue weighted by molar-refractivity contribution is 7.88. The van der Waals surface area contributed by atoms with Crippen LogP contribution in [0.2, 0.25) is 0 Å². The van der Waals surface area contributed by atoms with Crippen molar-refractivity contribution in [2.75, 3.05) is 6.26 Å². The molecule has 0 radical (unpaired) electrons. The molecule has 0 bridgehead atoms. The summed E-state index contributed by atoms with van der Waals surface area (Å²) in [7, 11) is -3.42. The van der Waals surface area contributed by atoms with Gasteiger partial charge in [0.05, 0.1) is 24.3 Å². The normalized spacial score (nSPS) is 14.4. The first-order chi connectivity index (χ1) is 21.3. The Morgan fingerprint density at radius 1 is 0.955 bits per heavy atom. The summed E-state index contributed by atoms with van der Waals surface area (Å²) in [4.78, 5) is 12.5. The fraction of sp³-hybridized carbons (Fsp3) is 0.242. The molecule has 4 heterocycles. The highest BCUT2D eigenvalue weighted by Gasteiger charge is 2.18. The van der Waals surface area contributed by atoms with E-state index in [0.717, 1.165) is 63.5 Å². The number of halogens is 1. The second kappa shape index (κ2) is 11.5. The van der Waals surface area contributed by atoms with Gasteiger partial charge in [0.25, 0.3) is 0 Å². The second-order valence-electron chi connectivity index (χ2n) is 11.4. The summed E-state index contributed by atoms with van der Waals surface area (Å²) < 4.78 is 46.5. The van der Waals surface area contributed by atoms with Crippen LogP contribution in [0.4, 0.5) is 4.39 Å². The molecule has 1 aliphatic rings. The van der Waals surface area contributed by atoms with Gasteiger partial charge < -0.3 is 9.72 Å². The number of pyridine rings is 2. The molecule has 0 saturated heterocycles. The zero-order chi connectivity index (χ0) is 30.3. The molecular formula is C33H31FN6O3S. The van der Waals surface area contributed by atoms with E-state index >= 15 is 0 Å². The quantitative estimate of drug-likeness (QED) is 0.175. The molecule has 11 heteroatoms. The third kappa shape index (κ3) is 5.93. The van der Waals surface area contributed by atoms with Crippen LogP contribution in [0, 0.1) is 5.82 Å². The Morgan fingerprint density at radius 2 is 1.80 bits per heavy atom. The van der Waals surface area contributed by atoms with Gasteiger partial charge in [0.2, 0.25) is 10.0 Å². The molecule has 3 N–H and O–H groups in total. The molecule has 2 aromatic carbocycles. The number of nitrogens with zero attached hydrogens (tertiary/aromatic N) is 3. The molecule has 7 rings (SSSR count). The number of fused-ring (bicyclic) bond motifs is 2. The molecule has 6 aromatic rings. The molecule has 0 unspecified atom stereocenters. The van der Waals surface area contributed by atoms with Gasteiger partial charge in [-0.2, -0.15) is 5.10 Å². The van der Waals surface area contributed by atoms with E-state index in [1.165, 1.54) is 31.4 Å². The van der Waals surface area contributed by atoms with Crippen molar-refractivity contribution in [1.82, 2.24) is 29.9 Å². The SMILES string of the molecule is CS(=O)(=O)NCc1cc(F)cc(-c2cccc3[nH]c(-c4n[nH]c5ncc(-c6cncc(OC7CCCCC7)c6)cc45)cc23)c1. The summed E-state index contributed by atoms with van der Waals surface area (Å²) in [5.41, 5.74) is 6.77. The highest BCUT2D eigenvalue weighted by atomic mass is 32.2. The molecule has 0 atom stereocenters. The Labute approximate surface area is 254 Å². The van der Waals surface area contributed by atoms with E-state index in [2.05, 4.69) is 29.9 Å². The minimum atomic E-state index is -3.42. The molecule has 1 fully saturated rings. The summed E-state index contributed by atoms with van der Waals surface area (Å²) in [5, 5.41) is 9.34. The van der Waals surface area contributed by atoms with E-state index in [9.17, 15) is 12.8 Å². The zero-order valence-corrected chi connectivity index (χ0v) is 24.9. The van der Waals surface area contributed by atoms with Crippen molar-refractivity contribution in [2.24, 2.45) is 0 Å². The van der Waals surface area contributed by atoms with E-state index < -0.39 is 15.8 Å². The molecule has 0 spiro atoms. The van der Waals surface area contributed by atoms with Crippen LogP contribution in [-0.4, -0.2) is 45.9 Å². The van der Waals surface area contributed by atoms with Gasteiger partial charge in [-0.05, 0) is 84.8 Å². The first-order valence-corrected chi connectivity index (χ1v) is 16.5. The minimum absolute atomic E-state index is 0.00230.